The molecule has 2 N–H and O–H groups in total. The van der Waals surface area contributed by atoms with Crippen LogP contribution in [0.2, 0.25) is 0 Å². The first-order valence-electron chi connectivity index (χ1n) is 7.43. The molecule has 0 aliphatic rings. The highest BCUT2D eigenvalue weighted by atomic mass is 127. The second-order valence-electron chi connectivity index (χ2n) is 4.94. The first kappa shape index (κ1) is 20.3. The lowest BCUT2D eigenvalue weighted by molar-refractivity contribution is 0.781. The Bertz CT molecular complexity index is 616. The van der Waals surface area contributed by atoms with Gasteiger partial charge in [-0.3, -0.25) is 4.99 Å². The molecular weight excluding hydrogens is 441 g/mol. The monoisotopic (exact) mass is 465 g/mol. The average molecular weight is 465 g/mol. The number of nitrogens with zero attached hydrogens (tertiary/aromatic N) is 3. The molecule has 0 radical (unpaired) electrons. The number of hydrogen-bond acceptors (Lipinski definition) is 5. The van der Waals surface area contributed by atoms with Gasteiger partial charge in [0.25, 0.3) is 0 Å². The molecule has 0 saturated heterocycles. The zero-order chi connectivity index (χ0) is 15.9. The van der Waals surface area contributed by atoms with E-state index >= 15 is 0 Å². The maximum absolute atomic E-state index is 4.57. The summed E-state index contributed by atoms with van der Waals surface area (Å²) in [7, 11) is 1.78. The van der Waals surface area contributed by atoms with Gasteiger partial charge >= 0.3 is 0 Å². The van der Waals surface area contributed by atoms with Crippen molar-refractivity contribution in [1.82, 2.24) is 20.6 Å². The lowest BCUT2D eigenvalue weighted by Crippen LogP contribution is -2.37. The van der Waals surface area contributed by atoms with Crippen LogP contribution in [0.5, 0.6) is 0 Å². The summed E-state index contributed by atoms with van der Waals surface area (Å²) in [6.45, 7) is 7.80. The fourth-order valence-electron chi connectivity index (χ4n) is 1.93. The van der Waals surface area contributed by atoms with Gasteiger partial charge in [-0.15, -0.1) is 46.7 Å². The molecule has 2 heterocycles. The molecule has 2 aromatic heterocycles. The number of hydrogen-bond donors (Lipinski definition) is 2. The van der Waals surface area contributed by atoms with Gasteiger partial charge in [0.15, 0.2) is 5.96 Å². The van der Waals surface area contributed by atoms with Crippen molar-refractivity contribution in [3.05, 3.63) is 31.7 Å². The molecule has 23 heavy (non-hydrogen) atoms. The molecule has 2 aromatic rings. The Morgan fingerprint density at radius 3 is 2.57 bits per heavy atom. The lowest BCUT2D eigenvalue weighted by Gasteiger charge is -2.10. The minimum absolute atomic E-state index is 0. The number of rotatable bonds is 6. The minimum atomic E-state index is 0. The Morgan fingerprint density at radius 1 is 1.22 bits per heavy atom. The van der Waals surface area contributed by atoms with Crippen molar-refractivity contribution >= 4 is 52.6 Å². The predicted octanol–water partition coefficient (Wildman–Crippen LogP) is 3.30. The van der Waals surface area contributed by atoms with Crippen molar-refractivity contribution in [3.8, 4) is 0 Å². The Morgan fingerprint density at radius 2 is 2.00 bits per heavy atom. The van der Waals surface area contributed by atoms with E-state index in [0.29, 0.717) is 6.54 Å². The lowest BCUT2D eigenvalue weighted by atomic mass is 10.3. The highest BCUT2D eigenvalue weighted by molar-refractivity contribution is 14.0. The van der Waals surface area contributed by atoms with E-state index in [9.17, 15) is 0 Å². The maximum atomic E-state index is 4.57. The fraction of sp³-hybridized carbons (Fsp3) is 0.533. The predicted molar refractivity (Wildman–Crippen MR) is 110 cm³/mol. The van der Waals surface area contributed by atoms with Gasteiger partial charge in [0.05, 0.1) is 22.9 Å². The third-order valence-corrected chi connectivity index (χ3v) is 5.39. The Balaban J connectivity index is 0.00000264. The van der Waals surface area contributed by atoms with E-state index in [0.717, 1.165) is 41.7 Å². The molecule has 0 aliphatic heterocycles. The van der Waals surface area contributed by atoms with E-state index in [1.54, 1.807) is 29.7 Å². The summed E-state index contributed by atoms with van der Waals surface area (Å²) in [6, 6.07) is 0. The Kier molecular flexibility index (Phi) is 9.00. The molecule has 2 rings (SSSR count). The van der Waals surface area contributed by atoms with Gasteiger partial charge in [-0.2, -0.15) is 0 Å². The Labute approximate surface area is 163 Å². The van der Waals surface area contributed by atoms with Crippen molar-refractivity contribution in [2.45, 2.75) is 40.2 Å². The molecule has 128 valence electrons. The standard InChI is InChI=1S/C15H23N5S2.HI/c1-5-13-20-12(9-21-13)6-7-17-15(16-4)18-8-14-19-10(2)11(3)22-14;/h9H,5-8H2,1-4H3,(H2,16,17,18);1H. The van der Waals surface area contributed by atoms with Crippen LogP contribution in [-0.4, -0.2) is 29.5 Å². The van der Waals surface area contributed by atoms with E-state index < -0.39 is 0 Å². The summed E-state index contributed by atoms with van der Waals surface area (Å²) in [5.41, 5.74) is 2.26. The summed E-state index contributed by atoms with van der Waals surface area (Å²) >= 11 is 3.46. The van der Waals surface area contributed by atoms with E-state index in [4.69, 9.17) is 0 Å². The first-order chi connectivity index (χ1) is 10.6. The molecule has 0 spiro atoms. The van der Waals surface area contributed by atoms with Crippen LogP contribution in [0.4, 0.5) is 0 Å². The number of aromatic nitrogens is 2. The highest BCUT2D eigenvalue weighted by Crippen LogP contribution is 2.15. The van der Waals surface area contributed by atoms with Gasteiger partial charge in [0.2, 0.25) is 0 Å². The van der Waals surface area contributed by atoms with Crippen molar-refractivity contribution < 1.29 is 0 Å². The summed E-state index contributed by atoms with van der Waals surface area (Å²) in [4.78, 5) is 14.6. The topological polar surface area (TPSA) is 62.2 Å². The molecular formula is C15H24IN5S2. The van der Waals surface area contributed by atoms with Crippen LogP contribution in [0.3, 0.4) is 0 Å². The van der Waals surface area contributed by atoms with Gasteiger partial charge < -0.3 is 10.6 Å². The molecule has 0 saturated carbocycles. The number of halogens is 1. The van der Waals surface area contributed by atoms with Gasteiger partial charge in [0.1, 0.15) is 5.01 Å². The summed E-state index contributed by atoms with van der Waals surface area (Å²) in [5.74, 6) is 0.802. The average Bonchev–Trinajstić information content (AvgIpc) is 3.09. The van der Waals surface area contributed by atoms with Gasteiger partial charge in [-0.25, -0.2) is 9.97 Å². The van der Waals surface area contributed by atoms with E-state index in [1.165, 1.54) is 9.88 Å². The second kappa shape index (κ2) is 10.2. The van der Waals surface area contributed by atoms with E-state index in [2.05, 4.69) is 44.8 Å². The Hall–Kier alpha value is -0.740. The van der Waals surface area contributed by atoms with Crippen molar-refractivity contribution in [2.75, 3.05) is 13.6 Å². The summed E-state index contributed by atoms with van der Waals surface area (Å²) in [5, 5.41) is 11.0. The molecule has 5 nitrogen and oxygen atoms in total. The van der Waals surface area contributed by atoms with Gasteiger partial charge in [-0.1, -0.05) is 6.92 Å². The number of guanidine groups is 1. The highest BCUT2D eigenvalue weighted by Gasteiger charge is 2.05. The van der Waals surface area contributed by atoms with E-state index in [1.807, 2.05) is 6.92 Å². The molecule has 0 atom stereocenters. The van der Waals surface area contributed by atoms with Crippen LogP contribution in [0, 0.1) is 13.8 Å². The molecule has 0 aromatic carbocycles. The van der Waals surface area contributed by atoms with Crippen LogP contribution in [0.15, 0.2) is 10.4 Å². The SMILES string of the molecule is CCc1nc(CCNC(=NC)NCc2nc(C)c(C)s2)cs1.I. The first-order valence-corrected chi connectivity index (χ1v) is 9.12. The van der Waals surface area contributed by atoms with Crippen LogP contribution >= 0.6 is 46.7 Å². The quantitative estimate of drug-likeness (QED) is 0.391. The summed E-state index contributed by atoms with van der Waals surface area (Å²) in [6.07, 6.45) is 1.92. The second-order valence-corrected chi connectivity index (χ2v) is 7.17. The minimum Gasteiger partial charge on any atom is -0.356 e. The van der Waals surface area contributed by atoms with Crippen LogP contribution < -0.4 is 10.6 Å². The largest absolute Gasteiger partial charge is 0.356 e. The third-order valence-electron chi connectivity index (χ3n) is 3.28. The summed E-state index contributed by atoms with van der Waals surface area (Å²) < 4.78 is 0. The van der Waals surface area contributed by atoms with Crippen molar-refractivity contribution in [2.24, 2.45) is 4.99 Å². The number of thiazole rings is 2. The zero-order valence-electron chi connectivity index (χ0n) is 14.0. The van der Waals surface area contributed by atoms with E-state index in [-0.39, 0.29) is 24.0 Å². The van der Waals surface area contributed by atoms with Crippen LogP contribution in [0.25, 0.3) is 0 Å². The third kappa shape index (κ3) is 6.34. The molecule has 0 bridgehead atoms. The normalized spacial score (nSPS) is 11.2. The zero-order valence-corrected chi connectivity index (χ0v) is 17.9. The maximum Gasteiger partial charge on any atom is 0.191 e. The smallest absolute Gasteiger partial charge is 0.191 e. The molecule has 0 unspecified atom stereocenters. The van der Waals surface area contributed by atoms with Crippen LogP contribution in [-0.2, 0) is 19.4 Å². The number of aryl methyl sites for hydroxylation is 3. The number of nitrogens with one attached hydrogen (secondary N) is 2. The molecule has 8 heteroatoms. The molecule has 0 aliphatic carbocycles. The molecule has 0 amide bonds. The number of aliphatic imine (C=N–C) groups is 1. The van der Waals surface area contributed by atoms with Gasteiger partial charge in [-0.05, 0) is 20.3 Å². The van der Waals surface area contributed by atoms with Crippen LogP contribution in [0.1, 0.15) is 33.2 Å². The fourth-order valence-corrected chi connectivity index (χ4v) is 3.58. The molecule has 0 fully saturated rings. The van der Waals surface area contributed by atoms with Crippen molar-refractivity contribution in [3.63, 3.8) is 0 Å². The van der Waals surface area contributed by atoms with Gasteiger partial charge in [0, 0.05) is 30.3 Å². The van der Waals surface area contributed by atoms with Crippen molar-refractivity contribution in [1.29, 1.82) is 0 Å².